The lowest BCUT2D eigenvalue weighted by atomic mass is 10.1. The second kappa shape index (κ2) is 8.63. The van der Waals surface area contributed by atoms with E-state index in [-0.39, 0.29) is 35.3 Å². The molecule has 0 unspecified atom stereocenters. The molecule has 3 aromatic rings. The maximum Gasteiger partial charge on any atom is 0.347 e. The fourth-order valence-electron chi connectivity index (χ4n) is 2.67. The van der Waals surface area contributed by atoms with Crippen LogP contribution in [0.1, 0.15) is 20.8 Å². The predicted octanol–water partition coefficient (Wildman–Crippen LogP) is 4.87. The molecule has 6 nitrogen and oxygen atoms in total. The number of carbonyl (C=O) groups is 1. The number of benzene rings is 2. The van der Waals surface area contributed by atoms with Gasteiger partial charge in [0.1, 0.15) is 11.6 Å². The van der Waals surface area contributed by atoms with Crippen molar-refractivity contribution < 1.29 is 32.5 Å². The van der Waals surface area contributed by atoms with Gasteiger partial charge >= 0.3 is 5.97 Å². The summed E-state index contributed by atoms with van der Waals surface area (Å²) in [6.07, 6.45) is 0. The van der Waals surface area contributed by atoms with Gasteiger partial charge in [-0.15, -0.1) is 0 Å². The zero-order chi connectivity index (χ0) is 22.8. The Morgan fingerprint density at radius 2 is 1.77 bits per heavy atom. The van der Waals surface area contributed by atoms with Crippen molar-refractivity contribution in [3.8, 4) is 34.3 Å². The molecular weight excluding hydrogens is 413 g/mol. The molecule has 1 heterocycles. The lowest BCUT2D eigenvalue weighted by Gasteiger charge is -2.21. The van der Waals surface area contributed by atoms with Gasteiger partial charge in [0.2, 0.25) is 11.5 Å². The van der Waals surface area contributed by atoms with Gasteiger partial charge in [-0.05, 0) is 51.1 Å². The van der Waals surface area contributed by atoms with Crippen molar-refractivity contribution >= 4 is 5.97 Å². The molecule has 0 aliphatic carbocycles. The van der Waals surface area contributed by atoms with Crippen molar-refractivity contribution in [1.82, 2.24) is 9.97 Å². The third kappa shape index (κ3) is 4.93. The Morgan fingerprint density at radius 1 is 1.03 bits per heavy atom. The van der Waals surface area contributed by atoms with Gasteiger partial charge in [0.25, 0.3) is 0 Å². The Balaban J connectivity index is 2.20. The molecule has 9 heteroatoms. The number of aromatic nitrogens is 2. The molecule has 0 amide bonds. The Hall–Kier alpha value is -3.62. The standard InChI is InChI=1S/C22H19F3N2O4/c1-4-30-18-10-13(23)6-7-14(18)17-11-19(31-22(2,3)21(28)29)27-20(26-17)12-5-8-15(24)16(25)9-12/h5-11H,4H2,1-3H3,(H,28,29). The molecule has 0 saturated heterocycles. The number of carboxylic acids is 1. The van der Waals surface area contributed by atoms with E-state index in [1.807, 2.05) is 0 Å². The molecule has 0 bridgehead atoms. The zero-order valence-corrected chi connectivity index (χ0v) is 16.9. The van der Waals surface area contributed by atoms with E-state index < -0.39 is 29.0 Å². The average Bonchev–Trinajstić information content (AvgIpc) is 2.69. The third-order valence-electron chi connectivity index (χ3n) is 4.27. The lowest BCUT2D eigenvalue weighted by Crippen LogP contribution is -2.38. The molecule has 3 rings (SSSR count). The van der Waals surface area contributed by atoms with Crippen LogP contribution in [0.4, 0.5) is 13.2 Å². The number of rotatable bonds is 7. The first-order valence-electron chi connectivity index (χ1n) is 9.30. The first-order valence-corrected chi connectivity index (χ1v) is 9.30. The number of carboxylic acid groups (broad SMARTS) is 1. The van der Waals surface area contributed by atoms with E-state index in [0.29, 0.717) is 5.56 Å². The van der Waals surface area contributed by atoms with Gasteiger partial charge in [-0.2, -0.15) is 4.98 Å². The highest BCUT2D eigenvalue weighted by Crippen LogP contribution is 2.33. The number of hydrogen-bond acceptors (Lipinski definition) is 5. The minimum Gasteiger partial charge on any atom is -0.493 e. The topological polar surface area (TPSA) is 81.5 Å². The van der Waals surface area contributed by atoms with Crippen molar-refractivity contribution in [2.45, 2.75) is 26.4 Å². The Labute approximate surface area is 176 Å². The Morgan fingerprint density at radius 3 is 2.42 bits per heavy atom. The van der Waals surface area contributed by atoms with E-state index in [1.165, 1.54) is 44.2 Å². The molecule has 0 aliphatic heterocycles. The second-order valence-corrected chi connectivity index (χ2v) is 7.03. The molecule has 31 heavy (non-hydrogen) atoms. The third-order valence-corrected chi connectivity index (χ3v) is 4.27. The Bertz CT molecular complexity index is 1140. The van der Waals surface area contributed by atoms with Crippen LogP contribution in [0, 0.1) is 17.5 Å². The van der Waals surface area contributed by atoms with Crippen molar-refractivity contribution in [3.63, 3.8) is 0 Å². The van der Waals surface area contributed by atoms with Gasteiger partial charge < -0.3 is 14.6 Å². The predicted molar refractivity (Wildman–Crippen MR) is 106 cm³/mol. The maximum absolute atomic E-state index is 13.8. The minimum atomic E-state index is -1.64. The number of aliphatic carboxylic acids is 1. The summed E-state index contributed by atoms with van der Waals surface area (Å²) >= 11 is 0. The van der Waals surface area contributed by atoms with Gasteiger partial charge in [-0.25, -0.2) is 22.9 Å². The summed E-state index contributed by atoms with van der Waals surface area (Å²) < 4.78 is 51.9. The number of ether oxygens (including phenoxy) is 2. The van der Waals surface area contributed by atoms with Crippen LogP contribution in [-0.2, 0) is 4.79 Å². The highest BCUT2D eigenvalue weighted by atomic mass is 19.2. The van der Waals surface area contributed by atoms with Crippen molar-refractivity contribution in [3.05, 3.63) is 59.9 Å². The average molecular weight is 432 g/mol. The molecule has 0 spiro atoms. The summed E-state index contributed by atoms with van der Waals surface area (Å²) in [7, 11) is 0. The van der Waals surface area contributed by atoms with Crippen LogP contribution >= 0.6 is 0 Å². The fraction of sp³-hybridized carbons (Fsp3) is 0.227. The smallest absolute Gasteiger partial charge is 0.347 e. The van der Waals surface area contributed by atoms with E-state index in [0.717, 1.165) is 12.1 Å². The zero-order valence-electron chi connectivity index (χ0n) is 16.9. The molecule has 0 atom stereocenters. The molecule has 0 aliphatic rings. The van der Waals surface area contributed by atoms with E-state index in [4.69, 9.17) is 9.47 Å². The van der Waals surface area contributed by atoms with Crippen LogP contribution in [0.3, 0.4) is 0 Å². The fourth-order valence-corrected chi connectivity index (χ4v) is 2.67. The number of nitrogens with zero attached hydrogens (tertiary/aromatic N) is 2. The molecule has 1 N–H and O–H groups in total. The molecule has 0 radical (unpaired) electrons. The van der Waals surface area contributed by atoms with Crippen LogP contribution in [0.15, 0.2) is 42.5 Å². The molecule has 2 aromatic carbocycles. The summed E-state index contributed by atoms with van der Waals surface area (Å²) in [6, 6.07) is 8.30. The summed E-state index contributed by atoms with van der Waals surface area (Å²) in [6.45, 7) is 4.65. The van der Waals surface area contributed by atoms with E-state index in [1.54, 1.807) is 6.92 Å². The van der Waals surface area contributed by atoms with Crippen LogP contribution in [0.2, 0.25) is 0 Å². The van der Waals surface area contributed by atoms with E-state index >= 15 is 0 Å². The second-order valence-electron chi connectivity index (χ2n) is 7.03. The van der Waals surface area contributed by atoms with E-state index in [9.17, 15) is 23.1 Å². The van der Waals surface area contributed by atoms with Crippen LogP contribution in [0.25, 0.3) is 22.6 Å². The molecule has 1 aromatic heterocycles. The Kier molecular flexibility index (Phi) is 6.14. The largest absolute Gasteiger partial charge is 0.493 e. The molecule has 162 valence electrons. The van der Waals surface area contributed by atoms with E-state index in [2.05, 4.69) is 9.97 Å². The van der Waals surface area contributed by atoms with Gasteiger partial charge in [-0.1, -0.05) is 0 Å². The SMILES string of the molecule is CCOc1cc(F)ccc1-c1cc(OC(C)(C)C(=O)O)nc(-c2ccc(F)c(F)c2)n1. The summed E-state index contributed by atoms with van der Waals surface area (Å²) in [5.41, 5.74) is -0.900. The van der Waals surface area contributed by atoms with Gasteiger partial charge in [-0.3, -0.25) is 0 Å². The first-order chi connectivity index (χ1) is 14.6. The van der Waals surface area contributed by atoms with Crippen molar-refractivity contribution in [2.24, 2.45) is 0 Å². The van der Waals surface area contributed by atoms with Gasteiger partial charge in [0.05, 0.1) is 12.3 Å². The van der Waals surface area contributed by atoms with Crippen LogP contribution in [-0.4, -0.2) is 33.3 Å². The lowest BCUT2D eigenvalue weighted by molar-refractivity contribution is -0.152. The quantitative estimate of drug-likeness (QED) is 0.574. The maximum atomic E-state index is 13.8. The van der Waals surface area contributed by atoms with Crippen LogP contribution in [0.5, 0.6) is 11.6 Å². The van der Waals surface area contributed by atoms with Gasteiger partial charge in [0.15, 0.2) is 17.5 Å². The molecule has 0 fully saturated rings. The first kappa shape index (κ1) is 22.1. The highest BCUT2D eigenvalue weighted by Gasteiger charge is 2.30. The monoisotopic (exact) mass is 432 g/mol. The normalized spacial score (nSPS) is 11.3. The summed E-state index contributed by atoms with van der Waals surface area (Å²) in [4.78, 5) is 20.0. The summed E-state index contributed by atoms with van der Waals surface area (Å²) in [5.74, 6) is -3.87. The van der Waals surface area contributed by atoms with Crippen molar-refractivity contribution in [2.75, 3.05) is 6.61 Å². The van der Waals surface area contributed by atoms with Crippen LogP contribution < -0.4 is 9.47 Å². The molecular formula is C22H19F3N2O4. The van der Waals surface area contributed by atoms with Crippen molar-refractivity contribution in [1.29, 1.82) is 0 Å². The molecule has 0 saturated carbocycles. The highest BCUT2D eigenvalue weighted by molar-refractivity contribution is 5.77. The number of hydrogen-bond donors (Lipinski definition) is 1. The number of halogens is 3. The van der Waals surface area contributed by atoms with Gasteiger partial charge in [0, 0.05) is 23.3 Å². The summed E-state index contributed by atoms with van der Waals surface area (Å²) in [5, 5.41) is 9.37. The minimum absolute atomic E-state index is 0.0423.